The Labute approximate surface area is 186 Å². The van der Waals surface area contributed by atoms with Crippen LogP contribution >= 0.6 is 0 Å². The molecule has 4 aliphatic carbocycles. The number of carbonyl (C=O) groups is 3. The Kier molecular flexibility index (Phi) is 5.41. The molecule has 0 aliphatic heterocycles. The van der Waals surface area contributed by atoms with Gasteiger partial charge in [-0.2, -0.15) is 0 Å². The summed E-state index contributed by atoms with van der Waals surface area (Å²) in [6.07, 6.45) is 6.77. The minimum absolute atomic E-state index is 0.00105. The number of para-hydroxylation sites is 1. The van der Waals surface area contributed by atoms with Gasteiger partial charge in [0.15, 0.2) is 6.61 Å². The van der Waals surface area contributed by atoms with Crippen molar-refractivity contribution in [3.63, 3.8) is 0 Å². The third kappa shape index (κ3) is 3.99. The summed E-state index contributed by atoms with van der Waals surface area (Å²) in [4.78, 5) is 37.3. The van der Waals surface area contributed by atoms with Crippen LogP contribution in [-0.2, 0) is 20.9 Å². The maximum Gasteiger partial charge on any atom is 0.375 e. The molecule has 1 aromatic heterocycles. The van der Waals surface area contributed by atoms with Crippen LogP contribution in [0.5, 0.6) is 0 Å². The number of esters is 1. The van der Waals surface area contributed by atoms with Crippen LogP contribution in [0.25, 0.3) is 11.0 Å². The maximum absolute atomic E-state index is 12.5. The van der Waals surface area contributed by atoms with E-state index in [2.05, 4.69) is 10.6 Å². The standard InChI is InChI=1S/C24H28N2O6/c1-30-12-18-17-4-2-3-5-19(17)32-21(18)22(28)31-13-20(27)25-23(29)26-24-9-14-6-15(10-24)8-16(7-14)11-24/h2-5,14-16H,6-13H2,1H3,(H2,25,26,27,29). The highest BCUT2D eigenvalue weighted by atomic mass is 16.5. The number of nitrogens with one attached hydrogen (secondary N) is 2. The third-order valence-corrected chi connectivity index (χ3v) is 7.18. The van der Waals surface area contributed by atoms with Crippen LogP contribution in [0.3, 0.4) is 0 Å². The first-order chi connectivity index (χ1) is 15.4. The zero-order chi connectivity index (χ0) is 22.3. The number of amides is 3. The Morgan fingerprint density at radius 2 is 1.72 bits per heavy atom. The summed E-state index contributed by atoms with van der Waals surface area (Å²) in [5.74, 6) is 0.601. The minimum Gasteiger partial charge on any atom is -0.450 e. The van der Waals surface area contributed by atoms with Crippen LogP contribution in [-0.4, -0.2) is 37.2 Å². The van der Waals surface area contributed by atoms with Gasteiger partial charge in [0, 0.05) is 23.6 Å². The molecule has 0 saturated heterocycles. The van der Waals surface area contributed by atoms with Gasteiger partial charge in [-0.25, -0.2) is 9.59 Å². The van der Waals surface area contributed by atoms with Crippen molar-refractivity contribution in [1.29, 1.82) is 0 Å². The quantitative estimate of drug-likeness (QED) is 0.666. The smallest absolute Gasteiger partial charge is 0.375 e. The van der Waals surface area contributed by atoms with E-state index in [0.29, 0.717) is 28.9 Å². The van der Waals surface area contributed by atoms with E-state index in [-0.39, 0.29) is 17.9 Å². The zero-order valence-corrected chi connectivity index (χ0v) is 18.1. The van der Waals surface area contributed by atoms with Gasteiger partial charge in [0.25, 0.3) is 5.91 Å². The number of ether oxygens (including phenoxy) is 2. The Morgan fingerprint density at radius 3 is 2.38 bits per heavy atom. The molecule has 2 N–H and O–H groups in total. The highest BCUT2D eigenvalue weighted by Crippen LogP contribution is 2.55. The fraction of sp³-hybridized carbons (Fsp3) is 0.542. The van der Waals surface area contributed by atoms with Gasteiger partial charge in [-0.05, 0) is 62.3 Å². The largest absolute Gasteiger partial charge is 0.450 e. The number of methoxy groups -OCH3 is 1. The summed E-state index contributed by atoms with van der Waals surface area (Å²) in [6, 6.07) is 6.69. The van der Waals surface area contributed by atoms with E-state index in [1.807, 2.05) is 12.1 Å². The van der Waals surface area contributed by atoms with E-state index in [1.54, 1.807) is 12.1 Å². The van der Waals surface area contributed by atoms with Crippen molar-refractivity contribution in [1.82, 2.24) is 10.6 Å². The van der Waals surface area contributed by atoms with Crippen LogP contribution in [0.15, 0.2) is 28.7 Å². The Morgan fingerprint density at radius 1 is 1.06 bits per heavy atom. The summed E-state index contributed by atoms with van der Waals surface area (Å²) >= 11 is 0. The number of hydrogen-bond acceptors (Lipinski definition) is 6. The number of rotatable bonds is 6. The lowest BCUT2D eigenvalue weighted by Crippen LogP contribution is -2.62. The SMILES string of the molecule is COCc1c(C(=O)OCC(=O)NC(=O)NC23CC4CC(CC(C4)C2)C3)oc2ccccc12. The number of furan rings is 1. The van der Waals surface area contributed by atoms with Gasteiger partial charge < -0.3 is 19.2 Å². The maximum atomic E-state index is 12.5. The average Bonchev–Trinajstić information content (AvgIpc) is 3.09. The molecule has 4 saturated carbocycles. The van der Waals surface area contributed by atoms with Crippen molar-refractivity contribution >= 4 is 28.9 Å². The third-order valence-electron chi connectivity index (χ3n) is 7.18. The van der Waals surface area contributed by atoms with E-state index in [1.165, 1.54) is 26.4 Å². The van der Waals surface area contributed by atoms with Crippen molar-refractivity contribution in [3.8, 4) is 0 Å². The van der Waals surface area contributed by atoms with Gasteiger partial charge in [0.1, 0.15) is 5.58 Å². The van der Waals surface area contributed by atoms with Crippen molar-refractivity contribution in [2.24, 2.45) is 17.8 Å². The topological polar surface area (TPSA) is 107 Å². The molecular formula is C24H28N2O6. The molecule has 1 aromatic carbocycles. The van der Waals surface area contributed by atoms with E-state index in [9.17, 15) is 14.4 Å². The van der Waals surface area contributed by atoms with Gasteiger partial charge in [-0.15, -0.1) is 0 Å². The molecule has 6 rings (SSSR count). The second-order valence-electron chi connectivity index (χ2n) is 9.62. The second kappa shape index (κ2) is 8.24. The zero-order valence-electron chi connectivity index (χ0n) is 18.1. The summed E-state index contributed by atoms with van der Waals surface area (Å²) in [5, 5.41) is 6.13. The Bertz CT molecular complexity index is 1020. The molecule has 8 nitrogen and oxygen atoms in total. The van der Waals surface area contributed by atoms with Crippen LogP contribution in [0.2, 0.25) is 0 Å². The van der Waals surface area contributed by atoms with E-state index in [0.717, 1.165) is 24.6 Å². The highest BCUT2D eigenvalue weighted by Gasteiger charge is 2.51. The van der Waals surface area contributed by atoms with Crippen molar-refractivity contribution < 1.29 is 28.3 Å². The number of hydrogen-bond donors (Lipinski definition) is 2. The molecular weight excluding hydrogens is 412 g/mol. The molecule has 3 amide bonds. The first-order valence-corrected chi connectivity index (χ1v) is 11.2. The molecule has 32 heavy (non-hydrogen) atoms. The molecule has 4 aliphatic rings. The summed E-state index contributed by atoms with van der Waals surface area (Å²) < 4.78 is 15.9. The monoisotopic (exact) mass is 440 g/mol. The predicted molar refractivity (Wildman–Crippen MR) is 115 cm³/mol. The molecule has 2 aromatic rings. The van der Waals surface area contributed by atoms with Crippen LogP contribution in [0.4, 0.5) is 4.79 Å². The summed E-state index contributed by atoms with van der Waals surface area (Å²) in [6.45, 7) is -0.405. The molecule has 0 spiro atoms. The van der Waals surface area contributed by atoms with Gasteiger partial charge in [-0.3, -0.25) is 10.1 Å². The number of benzene rings is 1. The molecule has 1 heterocycles. The Balaban J connectivity index is 1.17. The minimum atomic E-state index is -0.773. The van der Waals surface area contributed by atoms with Gasteiger partial charge in [0.05, 0.1) is 6.61 Å². The van der Waals surface area contributed by atoms with E-state index >= 15 is 0 Å². The molecule has 4 bridgehead atoms. The van der Waals surface area contributed by atoms with E-state index < -0.39 is 24.5 Å². The van der Waals surface area contributed by atoms with Crippen LogP contribution in [0.1, 0.15) is 54.6 Å². The predicted octanol–water partition coefficient (Wildman–Crippen LogP) is 3.53. The van der Waals surface area contributed by atoms with Crippen molar-refractivity contribution in [2.45, 2.75) is 50.7 Å². The lowest BCUT2D eigenvalue weighted by atomic mass is 9.53. The van der Waals surface area contributed by atoms with Gasteiger partial charge in [0.2, 0.25) is 5.76 Å². The number of carbonyl (C=O) groups excluding carboxylic acids is 3. The molecule has 0 unspecified atom stereocenters. The first-order valence-electron chi connectivity index (χ1n) is 11.2. The lowest BCUT2D eigenvalue weighted by Gasteiger charge is -2.56. The molecule has 0 radical (unpaired) electrons. The fourth-order valence-electron chi connectivity index (χ4n) is 6.45. The molecule has 0 atom stereocenters. The summed E-state index contributed by atoms with van der Waals surface area (Å²) in [5.41, 5.74) is 0.901. The summed E-state index contributed by atoms with van der Waals surface area (Å²) in [7, 11) is 1.52. The normalized spacial score (nSPS) is 28.0. The van der Waals surface area contributed by atoms with E-state index in [4.69, 9.17) is 13.9 Å². The van der Waals surface area contributed by atoms with Crippen molar-refractivity contribution in [2.75, 3.05) is 13.7 Å². The average molecular weight is 440 g/mol. The van der Waals surface area contributed by atoms with Gasteiger partial charge >= 0.3 is 12.0 Å². The molecule has 8 heteroatoms. The Hall–Kier alpha value is -2.87. The van der Waals surface area contributed by atoms with Gasteiger partial charge in [-0.1, -0.05) is 18.2 Å². The molecule has 170 valence electrons. The van der Waals surface area contributed by atoms with Crippen LogP contribution in [0, 0.1) is 17.8 Å². The highest BCUT2D eigenvalue weighted by molar-refractivity contribution is 5.99. The second-order valence-corrected chi connectivity index (χ2v) is 9.62. The fourth-order valence-corrected chi connectivity index (χ4v) is 6.45. The lowest BCUT2D eigenvalue weighted by molar-refractivity contribution is -0.123. The first kappa shape index (κ1) is 21.0. The number of fused-ring (bicyclic) bond motifs is 1. The number of imide groups is 1. The molecule has 4 fully saturated rings. The number of urea groups is 1. The van der Waals surface area contributed by atoms with Crippen LogP contribution < -0.4 is 10.6 Å². The van der Waals surface area contributed by atoms with Crippen molar-refractivity contribution in [3.05, 3.63) is 35.6 Å².